The van der Waals surface area contributed by atoms with Crippen LogP contribution in [0.3, 0.4) is 0 Å². The first-order valence-corrected chi connectivity index (χ1v) is 7.79. The number of imidazole rings is 1. The second-order valence-electron chi connectivity index (χ2n) is 4.39. The van der Waals surface area contributed by atoms with Crippen LogP contribution in [0.25, 0.3) is 5.69 Å². The van der Waals surface area contributed by atoms with Gasteiger partial charge in [-0.25, -0.2) is 4.98 Å². The zero-order valence-corrected chi connectivity index (χ0v) is 12.8. The van der Waals surface area contributed by atoms with Crippen molar-refractivity contribution in [2.45, 2.75) is 18.0 Å². The quantitative estimate of drug-likeness (QED) is 0.754. The third-order valence-corrected chi connectivity index (χ3v) is 4.26. The normalized spacial score (nSPS) is 11.6. The highest BCUT2D eigenvalue weighted by molar-refractivity contribution is 7.99. The lowest BCUT2D eigenvalue weighted by molar-refractivity contribution is 0.683. The van der Waals surface area contributed by atoms with Crippen LogP contribution in [0.5, 0.6) is 0 Å². The van der Waals surface area contributed by atoms with Gasteiger partial charge in [0.15, 0.2) is 5.16 Å². The number of hydrogen-bond donors (Lipinski definition) is 0. The van der Waals surface area contributed by atoms with Gasteiger partial charge in [0.2, 0.25) is 0 Å². The summed E-state index contributed by atoms with van der Waals surface area (Å²) in [5, 5.41) is 19.2. The van der Waals surface area contributed by atoms with E-state index in [-0.39, 0.29) is 5.92 Å². The third-order valence-electron chi connectivity index (χ3n) is 2.89. The Balaban J connectivity index is 2.08. The van der Waals surface area contributed by atoms with Crippen LogP contribution in [0.2, 0.25) is 5.02 Å². The van der Waals surface area contributed by atoms with Gasteiger partial charge in [-0.05, 0) is 24.6 Å². The number of nitrogens with zero attached hydrogens (tertiary/aromatic N) is 4. The molecule has 0 aliphatic carbocycles. The molecule has 21 heavy (non-hydrogen) atoms. The van der Waals surface area contributed by atoms with Crippen LogP contribution < -0.4 is 0 Å². The first kappa shape index (κ1) is 15.4. The minimum absolute atomic E-state index is 0.140. The molecule has 0 bridgehead atoms. The summed E-state index contributed by atoms with van der Waals surface area (Å²) < 4.78 is 1.94. The van der Waals surface area contributed by atoms with E-state index in [1.165, 1.54) is 11.8 Å². The predicted molar refractivity (Wildman–Crippen MR) is 83.2 cm³/mol. The molecule has 0 aliphatic heterocycles. The Hall–Kier alpha value is -1.95. The highest BCUT2D eigenvalue weighted by atomic mass is 35.5. The fourth-order valence-electron chi connectivity index (χ4n) is 1.82. The van der Waals surface area contributed by atoms with Gasteiger partial charge in [0.05, 0.1) is 18.1 Å². The van der Waals surface area contributed by atoms with Gasteiger partial charge in [0.25, 0.3) is 0 Å². The highest BCUT2D eigenvalue weighted by Gasteiger charge is 2.11. The molecule has 1 aromatic heterocycles. The Kier molecular flexibility index (Phi) is 5.68. The van der Waals surface area contributed by atoms with Gasteiger partial charge in [-0.1, -0.05) is 29.4 Å². The van der Waals surface area contributed by atoms with Crippen LogP contribution in [0, 0.1) is 28.6 Å². The van der Waals surface area contributed by atoms with E-state index < -0.39 is 0 Å². The Labute approximate surface area is 133 Å². The number of rotatable bonds is 6. The van der Waals surface area contributed by atoms with Crippen LogP contribution in [0.4, 0.5) is 0 Å². The van der Waals surface area contributed by atoms with E-state index >= 15 is 0 Å². The molecular weight excluding hydrogens is 304 g/mol. The van der Waals surface area contributed by atoms with Crippen molar-refractivity contribution >= 4 is 23.4 Å². The molecule has 0 fully saturated rings. The van der Waals surface area contributed by atoms with Gasteiger partial charge in [-0.3, -0.25) is 4.57 Å². The highest BCUT2D eigenvalue weighted by Crippen LogP contribution is 2.25. The summed E-state index contributed by atoms with van der Waals surface area (Å²) in [6, 6.07) is 11.8. The first-order chi connectivity index (χ1) is 10.2. The average Bonchev–Trinajstić information content (AvgIpc) is 2.96. The minimum atomic E-state index is -0.140. The summed E-state index contributed by atoms with van der Waals surface area (Å²) in [5.41, 5.74) is 0.938. The van der Waals surface area contributed by atoms with Crippen LogP contribution in [-0.2, 0) is 0 Å². The molecule has 0 radical (unpaired) electrons. The maximum atomic E-state index is 9.09. The zero-order valence-electron chi connectivity index (χ0n) is 11.2. The minimum Gasteiger partial charge on any atom is -0.295 e. The lowest BCUT2D eigenvalue weighted by Gasteiger charge is -2.09. The van der Waals surface area contributed by atoms with Gasteiger partial charge in [0.1, 0.15) is 0 Å². The molecule has 106 valence electrons. The van der Waals surface area contributed by atoms with Gasteiger partial charge >= 0.3 is 0 Å². The van der Waals surface area contributed by atoms with E-state index in [2.05, 4.69) is 17.1 Å². The predicted octanol–water partition coefficient (Wildman–Crippen LogP) is 4.06. The molecule has 0 unspecified atom stereocenters. The monoisotopic (exact) mass is 316 g/mol. The molecule has 0 spiro atoms. The summed E-state index contributed by atoms with van der Waals surface area (Å²) in [7, 11) is 0. The van der Waals surface area contributed by atoms with E-state index in [0.717, 1.165) is 10.8 Å². The molecule has 0 N–H and O–H groups in total. The van der Waals surface area contributed by atoms with Crippen molar-refractivity contribution in [3.05, 3.63) is 41.7 Å². The number of nitriles is 2. The molecule has 0 aliphatic rings. The van der Waals surface area contributed by atoms with E-state index in [1.54, 1.807) is 6.20 Å². The second-order valence-corrected chi connectivity index (χ2v) is 5.82. The molecule has 2 rings (SSSR count). The topological polar surface area (TPSA) is 65.4 Å². The molecule has 6 heteroatoms. The lowest BCUT2D eigenvalue weighted by Crippen LogP contribution is -2.02. The molecular formula is C15H13ClN4S. The summed E-state index contributed by atoms with van der Waals surface area (Å²) in [6.07, 6.45) is 4.59. The van der Waals surface area contributed by atoms with Crippen LogP contribution in [0.1, 0.15) is 12.8 Å². The number of benzene rings is 1. The van der Waals surface area contributed by atoms with Gasteiger partial charge in [-0.15, -0.1) is 0 Å². The fourth-order valence-corrected chi connectivity index (χ4v) is 3.03. The van der Waals surface area contributed by atoms with Crippen molar-refractivity contribution in [3.8, 4) is 17.8 Å². The molecule has 2 aromatic rings. The molecule has 1 heterocycles. The van der Waals surface area contributed by atoms with Crippen molar-refractivity contribution in [1.29, 1.82) is 10.5 Å². The Morgan fingerprint density at radius 3 is 2.95 bits per heavy atom. The number of thioether (sulfide) groups is 1. The molecule has 0 saturated carbocycles. The number of hydrogen-bond acceptors (Lipinski definition) is 4. The molecule has 4 nitrogen and oxygen atoms in total. The first-order valence-electron chi connectivity index (χ1n) is 6.43. The molecule has 1 aromatic carbocycles. The van der Waals surface area contributed by atoms with E-state index in [1.807, 2.05) is 35.0 Å². The van der Waals surface area contributed by atoms with Gasteiger partial charge in [-0.2, -0.15) is 10.5 Å². The Morgan fingerprint density at radius 2 is 2.24 bits per heavy atom. The van der Waals surface area contributed by atoms with Crippen molar-refractivity contribution in [2.24, 2.45) is 5.92 Å². The Morgan fingerprint density at radius 1 is 1.38 bits per heavy atom. The average molecular weight is 317 g/mol. The standard InChI is InChI=1S/C15H13ClN4S/c16-13-4-1-5-14(9-13)20-8-7-19-15(20)21-11-12(10-18)3-2-6-17/h1,4-5,7-9,12H,2-3,11H2/t12-/m1/s1. The maximum Gasteiger partial charge on any atom is 0.172 e. The lowest BCUT2D eigenvalue weighted by atomic mass is 10.1. The zero-order chi connectivity index (χ0) is 15.1. The summed E-state index contributed by atoms with van der Waals surface area (Å²) in [4.78, 5) is 4.32. The second kappa shape index (κ2) is 7.73. The van der Waals surface area contributed by atoms with Crippen molar-refractivity contribution < 1.29 is 0 Å². The van der Waals surface area contributed by atoms with Gasteiger partial charge < -0.3 is 0 Å². The van der Waals surface area contributed by atoms with E-state index in [4.69, 9.17) is 22.1 Å². The summed E-state index contributed by atoms with van der Waals surface area (Å²) >= 11 is 7.52. The Bertz CT molecular complexity index is 683. The van der Waals surface area contributed by atoms with Crippen molar-refractivity contribution in [1.82, 2.24) is 9.55 Å². The SMILES string of the molecule is N#CCC[C@H](C#N)CSc1nccn1-c1cccc(Cl)c1. The molecule has 0 amide bonds. The third kappa shape index (κ3) is 4.26. The van der Waals surface area contributed by atoms with E-state index in [0.29, 0.717) is 23.6 Å². The summed E-state index contributed by atoms with van der Waals surface area (Å²) in [5.74, 6) is 0.481. The van der Waals surface area contributed by atoms with Gasteiger partial charge in [0, 0.05) is 35.3 Å². The maximum absolute atomic E-state index is 9.09. The van der Waals surface area contributed by atoms with Crippen LogP contribution in [0.15, 0.2) is 41.8 Å². The van der Waals surface area contributed by atoms with E-state index in [9.17, 15) is 0 Å². The number of halogens is 1. The summed E-state index contributed by atoms with van der Waals surface area (Å²) in [6.45, 7) is 0. The van der Waals surface area contributed by atoms with Crippen molar-refractivity contribution in [3.63, 3.8) is 0 Å². The van der Waals surface area contributed by atoms with Crippen LogP contribution in [-0.4, -0.2) is 15.3 Å². The molecule has 1 atom stereocenters. The molecule has 0 saturated heterocycles. The van der Waals surface area contributed by atoms with Crippen LogP contribution >= 0.6 is 23.4 Å². The fraction of sp³-hybridized carbons (Fsp3) is 0.267. The smallest absolute Gasteiger partial charge is 0.172 e. The number of aromatic nitrogens is 2. The largest absolute Gasteiger partial charge is 0.295 e. The van der Waals surface area contributed by atoms with Crippen molar-refractivity contribution in [2.75, 3.05) is 5.75 Å².